The van der Waals surface area contributed by atoms with Crippen molar-refractivity contribution in [3.8, 4) is 0 Å². The van der Waals surface area contributed by atoms with Gasteiger partial charge in [-0.1, -0.05) is 23.3 Å². The van der Waals surface area contributed by atoms with Crippen molar-refractivity contribution in [3.63, 3.8) is 0 Å². The highest BCUT2D eigenvalue weighted by Gasteiger charge is 2.13. The van der Waals surface area contributed by atoms with Crippen molar-refractivity contribution in [2.24, 2.45) is 0 Å². The molecule has 6 nitrogen and oxygen atoms in total. The number of carbonyl (C=O) groups is 1. The number of nitrogens with one attached hydrogen (secondary N) is 1. The Bertz CT molecular complexity index is 875. The van der Waals surface area contributed by atoms with Crippen molar-refractivity contribution >= 4 is 17.6 Å². The molecule has 0 fully saturated rings. The number of halogens is 1. The zero-order chi connectivity index (χ0) is 17.8. The van der Waals surface area contributed by atoms with Crippen molar-refractivity contribution < 1.29 is 13.6 Å². The van der Waals surface area contributed by atoms with Crippen LogP contribution in [0, 0.1) is 5.82 Å². The van der Waals surface area contributed by atoms with Gasteiger partial charge < -0.3 is 9.32 Å². The van der Waals surface area contributed by atoms with Crippen LogP contribution in [0.5, 0.6) is 0 Å². The van der Waals surface area contributed by atoms with Crippen molar-refractivity contribution in [2.45, 2.75) is 6.42 Å². The first-order valence-corrected chi connectivity index (χ1v) is 7.67. The molecule has 0 radical (unpaired) electrons. The Balaban J connectivity index is 1.67. The third kappa shape index (κ3) is 4.20. The quantitative estimate of drug-likeness (QED) is 0.773. The molecular formula is C18H17FN4O2. The molecule has 3 aromatic rings. The predicted molar refractivity (Wildman–Crippen MR) is 92.2 cm³/mol. The van der Waals surface area contributed by atoms with E-state index in [2.05, 4.69) is 15.5 Å². The van der Waals surface area contributed by atoms with Crippen LogP contribution in [-0.4, -0.2) is 30.2 Å². The van der Waals surface area contributed by atoms with Crippen molar-refractivity contribution in [1.82, 2.24) is 10.2 Å². The summed E-state index contributed by atoms with van der Waals surface area (Å²) >= 11 is 0. The minimum atomic E-state index is -0.333. The zero-order valence-electron chi connectivity index (χ0n) is 13.9. The number of benzene rings is 2. The summed E-state index contributed by atoms with van der Waals surface area (Å²) in [5.74, 6) is -0.299. The smallest absolute Gasteiger partial charge is 0.322 e. The van der Waals surface area contributed by atoms with E-state index < -0.39 is 0 Å². The van der Waals surface area contributed by atoms with Crippen LogP contribution in [0.1, 0.15) is 21.8 Å². The van der Waals surface area contributed by atoms with Crippen LogP contribution in [0.2, 0.25) is 0 Å². The standard InChI is InChI=1S/C18H17FN4O2/c1-23(2)15-5-3-4-13(11-15)17(24)20-18-22-21-16(25-18)10-12-6-8-14(19)9-7-12/h3-9,11H,10H2,1-2H3,(H,20,22,24). The maximum Gasteiger partial charge on any atom is 0.322 e. The van der Waals surface area contributed by atoms with Gasteiger partial charge in [-0.05, 0) is 35.9 Å². The summed E-state index contributed by atoms with van der Waals surface area (Å²) < 4.78 is 18.3. The van der Waals surface area contributed by atoms with E-state index >= 15 is 0 Å². The van der Waals surface area contributed by atoms with Crippen LogP contribution in [0.15, 0.2) is 52.9 Å². The molecule has 2 aromatic carbocycles. The summed E-state index contributed by atoms with van der Waals surface area (Å²) in [6.07, 6.45) is 0.360. The molecule has 0 aliphatic rings. The number of nitrogens with zero attached hydrogens (tertiary/aromatic N) is 3. The Labute approximate surface area is 144 Å². The van der Waals surface area contributed by atoms with E-state index in [4.69, 9.17) is 4.42 Å². The molecular weight excluding hydrogens is 323 g/mol. The topological polar surface area (TPSA) is 71.3 Å². The molecule has 0 aliphatic heterocycles. The normalized spacial score (nSPS) is 10.5. The zero-order valence-corrected chi connectivity index (χ0v) is 13.9. The maximum atomic E-state index is 12.9. The van der Waals surface area contributed by atoms with Gasteiger partial charge in [0.25, 0.3) is 5.91 Å². The number of hydrogen-bond acceptors (Lipinski definition) is 5. The first-order chi connectivity index (χ1) is 12.0. The Morgan fingerprint density at radius 1 is 1.16 bits per heavy atom. The van der Waals surface area contributed by atoms with Crippen LogP contribution >= 0.6 is 0 Å². The van der Waals surface area contributed by atoms with E-state index in [0.29, 0.717) is 17.9 Å². The summed E-state index contributed by atoms with van der Waals surface area (Å²) in [5, 5.41) is 10.3. The summed E-state index contributed by atoms with van der Waals surface area (Å²) in [4.78, 5) is 14.2. The van der Waals surface area contributed by atoms with Crippen LogP contribution < -0.4 is 10.2 Å². The van der Waals surface area contributed by atoms with Gasteiger partial charge in [0.1, 0.15) is 5.82 Å². The van der Waals surface area contributed by atoms with Crippen LogP contribution in [0.3, 0.4) is 0 Å². The molecule has 1 aromatic heterocycles. The van der Waals surface area contributed by atoms with Gasteiger partial charge in [-0.25, -0.2) is 4.39 Å². The van der Waals surface area contributed by atoms with Gasteiger partial charge in [0.05, 0.1) is 6.42 Å². The fraction of sp³-hybridized carbons (Fsp3) is 0.167. The van der Waals surface area contributed by atoms with Gasteiger partial charge in [-0.2, -0.15) is 0 Å². The minimum Gasteiger partial charge on any atom is -0.407 e. The molecule has 128 valence electrons. The van der Waals surface area contributed by atoms with E-state index in [1.54, 1.807) is 30.3 Å². The molecule has 7 heteroatoms. The number of amides is 1. The third-order valence-electron chi connectivity index (χ3n) is 3.58. The highest BCUT2D eigenvalue weighted by atomic mass is 19.1. The Hall–Kier alpha value is -3.22. The summed E-state index contributed by atoms with van der Waals surface area (Å²) in [5.41, 5.74) is 2.24. The summed E-state index contributed by atoms with van der Waals surface area (Å²) in [6.45, 7) is 0. The Morgan fingerprint density at radius 2 is 1.92 bits per heavy atom. The van der Waals surface area contributed by atoms with E-state index in [-0.39, 0.29) is 17.7 Å². The number of rotatable bonds is 5. The molecule has 0 saturated carbocycles. The minimum absolute atomic E-state index is 0.0253. The molecule has 0 spiro atoms. The van der Waals surface area contributed by atoms with Crippen molar-refractivity contribution in [2.75, 3.05) is 24.3 Å². The fourth-order valence-electron chi connectivity index (χ4n) is 2.25. The summed E-state index contributed by atoms with van der Waals surface area (Å²) in [6, 6.07) is 13.2. The lowest BCUT2D eigenvalue weighted by Gasteiger charge is -2.12. The summed E-state index contributed by atoms with van der Waals surface area (Å²) in [7, 11) is 3.80. The van der Waals surface area contributed by atoms with Crippen molar-refractivity contribution in [1.29, 1.82) is 0 Å². The van der Waals surface area contributed by atoms with Crippen LogP contribution in [0.25, 0.3) is 0 Å². The largest absolute Gasteiger partial charge is 0.407 e. The number of hydrogen-bond donors (Lipinski definition) is 1. The molecule has 3 rings (SSSR count). The monoisotopic (exact) mass is 340 g/mol. The predicted octanol–water partition coefficient (Wildman–Crippen LogP) is 3.12. The highest BCUT2D eigenvalue weighted by molar-refractivity contribution is 6.03. The van der Waals surface area contributed by atoms with E-state index in [1.165, 1.54) is 12.1 Å². The molecule has 1 N–H and O–H groups in total. The Kier molecular flexibility index (Phi) is 4.74. The van der Waals surface area contributed by atoms with Gasteiger partial charge in [-0.15, -0.1) is 5.10 Å². The van der Waals surface area contributed by atoms with Gasteiger partial charge in [0, 0.05) is 25.3 Å². The van der Waals surface area contributed by atoms with E-state index in [9.17, 15) is 9.18 Å². The molecule has 1 heterocycles. The second-order valence-corrected chi connectivity index (χ2v) is 5.70. The lowest BCUT2D eigenvalue weighted by molar-refractivity contribution is 0.102. The van der Waals surface area contributed by atoms with Crippen molar-refractivity contribution in [3.05, 3.63) is 71.4 Å². The van der Waals surface area contributed by atoms with E-state index in [1.807, 2.05) is 25.1 Å². The molecule has 25 heavy (non-hydrogen) atoms. The maximum absolute atomic E-state index is 12.9. The molecule has 0 unspecified atom stereocenters. The van der Waals surface area contributed by atoms with Gasteiger partial charge >= 0.3 is 6.01 Å². The lowest BCUT2D eigenvalue weighted by Crippen LogP contribution is -2.14. The first-order valence-electron chi connectivity index (χ1n) is 7.67. The second kappa shape index (κ2) is 7.12. The molecule has 1 amide bonds. The SMILES string of the molecule is CN(C)c1cccc(C(=O)Nc2nnc(Cc3ccc(F)cc3)o2)c1. The van der Waals surface area contributed by atoms with Gasteiger partial charge in [0.2, 0.25) is 5.89 Å². The second-order valence-electron chi connectivity index (χ2n) is 5.70. The Morgan fingerprint density at radius 3 is 2.64 bits per heavy atom. The average molecular weight is 340 g/mol. The molecule has 0 aliphatic carbocycles. The third-order valence-corrected chi connectivity index (χ3v) is 3.58. The first kappa shape index (κ1) is 16.6. The lowest BCUT2D eigenvalue weighted by atomic mass is 10.1. The molecule has 0 bridgehead atoms. The van der Waals surface area contributed by atoms with Crippen LogP contribution in [-0.2, 0) is 6.42 Å². The number of aromatic nitrogens is 2. The van der Waals surface area contributed by atoms with Crippen LogP contribution in [0.4, 0.5) is 16.1 Å². The van der Waals surface area contributed by atoms with E-state index in [0.717, 1.165) is 11.3 Å². The highest BCUT2D eigenvalue weighted by Crippen LogP contribution is 2.16. The number of anilines is 2. The fourth-order valence-corrected chi connectivity index (χ4v) is 2.25. The molecule has 0 atom stereocenters. The average Bonchev–Trinajstić information content (AvgIpc) is 3.04. The van der Waals surface area contributed by atoms with Gasteiger partial charge in [0.15, 0.2) is 0 Å². The van der Waals surface area contributed by atoms with Gasteiger partial charge in [-0.3, -0.25) is 10.1 Å². The molecule has 0 saturated heterocycles. The number of carbonyl (C=O) groups excluding carboxylic acids is 1.